The number of aliphatic hydroxyl groups is 2. The van der Waals surface area contributed by atoms with Crippen molar-refractivity contribution in [3.8, 4) is 5.75 Å². The van der Waals surface area contributed by atoms with Crippen LogP contribution in [0.15, 0.2) is 27.4 Å². The number of likely N-dealkylation sites (N-methyl/N-ethyl adjacent to an activating group) is 2. The van der Waals surface area contributed by atoms with Gasteiger partial charge in [-0.25, -0.2) is 0 Å². The van der Waals surface area contributed by atoms with Crippen molar-refractivity contribution in [1.29, 1.82) is 0 Å². The number of carbonyl (C=O) groups is 2. The van der Waals surface area contributed by atoms with E-state index in [1.54, 1.807) is 26.8 Å². The minimum Gasteiger partial charge on any atom is -0.507 e. The quantitative estimate of drug-likeness (QED) is 0.246. The lowest BCUT2D eigenvalue weighted by atomic mass is 9.74. The molecule has 0 saturated carbocycles. The number of phenols is 1. The number of phenolic OH excluding ortho intramolecular Hbond substituents is 1. The van der Waals surface area contributed by atoms with Gasteiger partial charge in [-0.15, -0.1) is 0 Å². The summed E-state index contributed by atoms with van der Waals surface area (Å²) in [7, 11) is 7.45. The lowest BCUT2D eigenvalue weighted by Gasteiger charge is -2.49. The third-order valence-electron chi connectivity index (χ3n) is 12.5. The van der Waals surface area contributed by atoms with Gasteiger partial charge in [-0.2, -0.15) is 0 Å². The molecule has 53 heavy (non-hydrogen) atoms. The number of epoxide rings is 2. The summed E-state index contributed by atoms with van der Waals surface area (Å²) in [6.45, 7) is 9.06. The molecular weight excluding hydrogens is 684 g/mol. The number of aromatic hydroxyl groups is 1. The minimum absolute atomic E-state index is 0.00294. The van der Waals surface area contributed by atoms with Gasteiger partial charge < -0.3 is 48.5 Å². The maximum absolute atomic E-state index is 15.0. The number of aliphatic hydroxyl groups excluding tert-OH is 2. The van der Waals surface area contributed by atoms with Crippen molar-refractivity contribution in [3.05, 3.63) is 73.1 Å². The second-order valence-electron chi connectivity index (χ2n) is 16.3. The number of ether oxygens (including phenoxy) is 4. The van der Waals surface area contributed by atoms with Crippen molar-refractivity contribution >= 4 is 22.5 Å². The summed E-state index contributed by atoms with van der Waals surface area (Å²) in [4.78, 5) is 47.4. The fourth-order valence-electron chi connectivity index (χ4n) is 8.98. The smallest absolute Gasteiger partial charge is 0.202 e. The van der Waals surface area contributed by atoms with Gasteiger partial charge >= 0.3 is 0 Å². The lowest BCUT2D eigenvalue weighted by Crippen LogP contribution is -2.59. The topological polar surface area (TPSA) is 175 Å². The Bertz CT molecular complexity index is 2110. The first-order valence-corrected chi connectivity index (χ1v) is 18.4. The highest BCUT2D eigenvalue weighted by Gasteiger charge is 2.57. The second kappa shape index (κ2) is 12.5. The van der Waals surface area contributed by atoms with Gasteiger partial charge in [0.15, 0.2) is 11.2 Å². The zero-order valence-corrected chi connectivity index (χ0v) is 31.5. The molecule has 5 aliphatic rings. The highest BCUT2D eigenvalue weighted by Crippen LogP contribution is 2.51. The first-order chi connectivity index (χ1) is 24.9. The number of nitrogens with zero attached hydrogens (tertiary/aromatic N) is 2. The summed E-state index contributed by atoms with van der Waals surface area (Å²) in [6, 6.07) is 4.25. The molecule has 8 rings (SSSR count). The Morgan fingerprint density at radius 2 is 1.47 bits per heavy atom. The molecule has 3 aromatic rings. The van der Waals surface area contributed by atoms with Gasteiger partial charge in [0, 0.05) is 34.3 Å². The van der Waals surface area contributed by atoms with Crippen LogP contribution in [0.3, 0.4) is 0 Å². The summed E-state index contributed by atoms with van der Waals surface area (Å²) in [6.07, 6.45) is -4.85. The van der Waals surface area contributed by atoms with Gasteiger partial charge in [0.25, 0.3) is 0 Å². The third kappa shape index (κ3) is 5.54. The monoisotopic (exact) mass is 732 g/mol. The Morgan fingerprint density at radius 1 is 0.792 bits per heavy atom. The Morgan fingerprint density at radius 3 is 2.11 bits per heavy atom. The van der Waals surface area contributed by atoms with Gasteiger partial charge in [-0.1, -0.05) is 0 Å². The molecular formula is C40H48N2O11. The zero-order chi connectivity index (χ0) is 38.2. The van der Waals surface area contributed by atoms with Crippen LogP contribution in [0.25, 0.3) is 11.0 Å². The van der Waals surface area contributed by atoms with E-state index in [0.717, 1.165) is 0 Å². The Hall–Kier alpha value is -3.53. The van der Waals surface area contributed by atoms with E-state index in [4.69, 9.17) is 23.4 Å². The van der Waals surface area contributed by atoms with Crippen LogP contribution in [0.5, 0.6) is 5.75 Å². The van der Waals surface area contributed by atoms with Gasteiger partial charge in [0.2, 0.25) is 5.78 Å². The van der Waals surface area contributed by atoms with Crippen LogP contribution in [0.1, 0.15) is 113 Å². The zero-order valence-electron chi connectivity index (χ0n) is 31.5. The molecule has 13 heteroatoms. The predicted octanol–water partition coefficient (Wildman–Crippen LogP) is 3.48. The Labute approximate surface area is 307 Å². The molecule has 4 saturated heterocycles. The molecule has 0 bridgehead atoms. The number of rotatable bonds is 6. The molecule has 4 fully saturated rings. The van der Waals surface area contributed by atoms with Crippen molar-refractivity contribution < 1.29 is 48.3 Å². The maximum Gasteiger partial charge on any atom is 0.202 e. The Balaban J connectivity index is 1.33. The highest BCUT2D eigenvalue weighted by atomic mass is 16.7. The van der Waals surface area contributed by atoms with E-state index in [-0.39, 0.29) is 80.8 Å². The summed E-state index contributed by atoms with van der Waals surface area (Å²) >= 11 is 0. The van der Waals surface area contributed by atoms with Crippen LogP contribution in [0, 0.1) is 6.92 Å². The number of hydrogen-bond donors (Lipinski definition) is 3. The molecule has 1 aliphatic carbocycles. The van der Waals surface area contributed by atoms with Crippen molar-refractivity contribution in [2.75, 3.05) is 28.2 Å². The van der Waals surface area contributed by atoms with E-state index in [9.17, 15) is 24.9 Å². The van der Waals surface area contributed by atoms with Crippen LogP contribution in [0.4, 0.5) is 0 Å². The number of hydrogen-bond acceptors (Lipinski definition) is 13. The molecule has 3 N–H and O–H groups in total. The molecule has 1 aromatic heterocycles. The molecule has 284 valence electrons. The summed E-state index contributed by atoms with van der Waals surface area (Å²) in [5, 5.41) is 34.7. The number of benzene rings is 2. The SMILES string of the molecule is Cc1cc2c(c3oc(C4OC4C4OC4C)cc(=O)c13)C(=O)c1c(O)c(C3CC(C)(N(C)C)C(O)C(C)O3)cc(C3CC(N(C)C)C(O)C(C)O3)c1C2=O. The predicted molar refractivity (Wildman–Crippen MR) is 192 cm³/mol. The standard InChI is InChI=1S/C40H48N2O11/c1-15-10-21-29(37-27(15)23(43)13-25(52-37)36-38(53-36)35-17(3)51-35)34(47)30-28(33(21)46)19(24-12-22(41(6)7)31(44)16(2)49-24)11-20(32(30)45)26-14-40(5,42(8)9)39(48)18(4)50-26/h10-11,13,16-18,22,24,26,31,35-36,38-39,44-45,48H,12,14H2,1-9H3. The van der Waals surface area contributed by atoms with Crippen LogP contribution in [-0.4, -0.2) is 119 Å². The van der Waals surface area contributed by atoms with Gasteiger partial charge in [-0.3, -0.25) is 14.4 Å². The first-order valence-electron chi connectivity index (χ1n) is 18.4. The van der Waals surface area contributed by atoms with Gasteiger partial charge in [0.05, 0.1) is 59.2 Å². The normalized spacial score (nSPS) is 36.6. The maximum atomic E-state index is 15.0. The van der Waals surface area contributed by atoms with Crippen molar-refractivity contribution in [3.63, 3.8) is 0 Å². The van der Waals surface area contributed by atoms with E-state index in [1.807, 2.05) is 51.8 Å². The average Bonchev–Trinajstić information content (AvgIpc) is 4.02. The molecule has 0 radical (unpaired) electrons. The third-order valence-corrected chi connectivity index (χ3v) is 12.5. The van der Waals surface area contributed by atoms with Crippen molar-refractivity contribution in [2.24, 2.45) is 0 Å². The molecule has 12 atom stereocenters. The fourth-order valence-corrected chi connectivity index (χ4v) is 8.98. The van der Waals surface area contributed by atoms with Gasteiger partial charge in [0.1, 0.15) is 35.4 Å². The average molecular weight is 733 g/mol. The lowest BCUT2D eigenvalue weighted by molar-refractivity contribution is -0.176. The van der Waals surface area contributed by atoms with E-state index in [2.05, 4.69) is 0 Å². The summed E-state index contributed by atoms with van der Waals surface area (Å²) < 4.78 is 30.5. The minimum atomic E-state index is -0.857. The fraction of sp³-hybridized carbons (Fsp3) is 0.575. The van der Waals surface area contributed by atoms with Crippen LogP contribution < -0.4 is 5.43 Å². The molecule has 0 amide bonds. The second-order valence-corrected chi connectivity index (χ2v) is 16.3. The summed E-state index contributed by atoms with van der Waals surface area (Å²) in [5.74, 6) is -1.40. The Kier molecular flexibility index (Phi) is 8.60. The van der Waals surface area contributed by atoms with Crippen molar-refractivity contribution in [1.82, 2.24) is 9.80 Å². The molecule has 12 unspecified atom stereocenters. The largest absolute Gasteiger partial charge is 0.507 e. The van der Waals surface area contributed by atoms with E-state index in [1.165, 1.54) is 12.1 Å². The first kappa shape index (κ1) is 36.4. The van der Waals surface area contributed by atoms with E-state index >= 15 is 4.79 Å². The number of ketones is 2. The van der Waals surface area contributed by atoms with Crippen LogP contribution in [0.2, 0.25) is 0 Å². The van der Waals surface area contributed by atoms with Crippen LogP contribution in [-0.2, 0) is 18.9 Å². The molecule has 5 heterocycles. The molecule has 0 spiro atoms. The number of carbonyl (C=O) groups excluding carboxylic acids is 2. The molecule has 2 aromatic carbocycles. The number of fused-ring (bicyclic) bond motifs is 4. The van der Waals surface area contributed by atoms with Crippen molar-refractivity contribution in [2.45, 2.75) is 120 Å². The summed E-state index contributed by atoms with van der Waals surface area (Å²) in [5.41, 5.74) is -0.372. The highest BCUT2D eigenvalue weighted by molar-refractivity contribution is 6.33. The van der Waals surface area contributed by atoms with E-state index < -0.39 is 65.6 Å². The van der Waals surface area contributed by atoms with E-state index in [0.29, 0.717) is 17.5 Å². The number of aryl methyl sites for hydroxylation is 1. The van der Waals surface area contributed by atoms with Gasteiger partial charge in [-0.05, 0) is 98.9 Å². The van der Waals surface area contributed by atoms with Crippen LogP contribution >= 0.6 is 0 Å². The molecule has 4 aliphatic heterocycles. The molecule has 13 nitrogen and oxygen atoms in total.